The van der Waals surface area contributed by atoms with Gasteiger partial charge in [0.25, 0.3) is 0 Å². The minimum Gasteiger partial charge on any atom is -0.391 e. The van der Waals surface area contributed by atoms with Gasteiger partial charge < -0.3 is 5.11 Å². The van der Waals surface area contributed by atoms with Crippen LogP contribution in [0.25, 0.3) is 0 Å². The maximum Gasteiger partial charge on any atom is 0.0750 e. The molecule has 2 N–H and O–H groups in total. The van der Waals surface area contributed by atoms with Crippen molar-refractivity contribution >= 4 is 0 Å². The number of hydrogen-bond donors (Lipinski definition) is 2. The van der Waals surface area contributed by atoms with E-state index in [4.69, 9.17) is 10.6 Å². The SMILES string of the molecule is N=NN1CCC(O)C1. The second-order valence-electron chi connectivity index (χ2n) is 1.96. The Kier molecular flexibility index (Phi) is 1.43. The van der Waals surface area contributed by atoms with Gasteiger partial charge in [0.2, 0.25) is 0 Å². The Bertz CT molecular complexity index is 95.3. The van der Waals surface area contributed by atoms with Gasteiger partial charge in [-0.15, -0.1) is 0 Å². The summed E-state index contributed by atoms with van der Waals surface area (Å²) in [5, 5.41) is 13.6. The van der Waals surface area contributed by atoms with Crippen LogP contribution in [0.3, 0.4) is 0 Å². The number of β-amino-alcohol motifs (C(OH)–C–C–N with tert-alkyl or cyclic N) is 1. The fraction of sp³-hybridized carbons (Fsp3) is 1.00. The maximum atomic E-state index is 8.85. The monoisotopic (exact) mass is 115 g/mol. The third-order valence-electron chi connectivity index (χ3n) is 1.28. The summed E-state index contributed by atoms with van der Waals surface area (Å²) in [5.41, 5.74) is 6.53. The van der Waals surface area contributed by atoms with Gasteiger partial charge in [-0.05, 0) is 6.42 Å². The molecule has 1 aliphatic heterocycles. The summed E-state index contributed by atoms with van der Waals surface area (Å²) in [6.07, 6.45) is 0.492. The Balaban J connectivity index is 2.32. The van der Waals surface area contributed by atoms with Crippen molar-refractivity contribution in [2.75, 3.05) is 13.1 Å². The zero-order chi connectivity index (χ0) is 5.98. The van der Waals surface area contributed by atoms with Gasteiger partial charge in [0.1, 0.15) is 0 Å². The van der Waals surface area contributed by atoms with Crippen LogP contribution in [0.2, 0.25) is 0 Å². The minimum atomic E-state index is -0.260. The van der Waals surface area contributed by atoms with Crippen molar-refractivity contribution in [3.05, 3.63) is 0 Å². The van der Waals surface area contributed by atoms with Crippen LogP contribution >= 0.6 is 0 Å². The van der Waals surface area contributed by atoms with Crippen molar-refractivity contribution in [3.63, 3.8) is 0 Å². The predicted octanol–water partition coefficient (Wildman–Crippen LogP) is -0.00103. The van der Waals surface area contributed by atoms with Crippen LogP contribution in [0.4, 0.5) is 0 Å². The van der Waals surface area contributed by atoms with E-state index in [1.165, 1.54) is 0 Å². The second kappa shape index (κ2) is 2.09. The lowest BCUT2D eigenvalue weighted by Gasteiger charge is -2.04. The Morgan fingerprint density at radius 2 is 2.50 bits per heavy atom. The predicted molar refractivity (Wildman–Crippen MR) is 27.3 cm³/mol. The zero-order valence-electron chi connectivity index (χ0n) is 4.54. The molecule has 0 aromatic heterocycles. The van der Waals surface area contributed by atoms with Crippen molar-refractivity contribution < 1.29 is 5.11 Å². The lowest BCUT2D eigenvalue weighted by Crippen LogP contribution is -2.14. The molecule has 0 aromatic carbocycles. The molecule has 0 saturated carbocycles. The summed E-state index contributed by atoms with van der Waals surface area (Å²) in [4.78, 5) is 0. The number of hydrogen-bond acceptors (Lipinski definition) is 3. The van der Waals surface area contributed by atoms with E-state index in [0.29, 0.717) is 6.54 Å². The fourth-order valence-electron chi connectivity index (χ4n) is 0.815. The van der Waals surface area contributed by atoms with Crippen LogP contribution in [-0.2, 0) is 0 Å². The molecule has 1 saturated heterocycles. The first-order valence-electron chi connectivity index (χ1n) is 2.63. The molecule has 0 spiro atoms. The molecule has 1 aliphatic rings. The number of aliphatic hydroxyl groups is 1. The number of nitrogens with one attached hydrogen (secondary N) is 1. The molecule has 0 aromatic rings. The molecule has 1 unspecified atom stereocenters. The van der Waals surface area contributed by atoms with Crippen LogP contribution in [0.1, 0.15) is 6.42 Å². The highest BCUT2D eigenvalue weighted by atomic mass is 16.3. The van der Waals surface area contributed by atoms with Crippen LogP contribution in [0.15, 0.2) is 5.22 Å². The highest BCUT2D eigenvalue weighted by Crippen LogP contribution is 2.07. The summed E-state index contributed by atoms with van der Waals surface area (Å²) < 4.78 is 0. The van der Waals surface area contributed by atoms with E-state index >= 15 is 0 Å². The van der Waals surface area contributed by atoms with Gasteiger partial charge in [-0.25, -0.2) is 0 Å². The summed E-state index contributed by atoms with van der Waals surface area (Å²) in [6.45, 7) is 1.26. The van der Waals surface area contributed by atoms with E-state index in [1.54, 1.807) is 5.01 Å². The van der Waals surface area contributed by atoms with Gasteiger partial charge in [0.05, 0.1) is 12.6 Å². The van der Waals surface area contributed by atoms with Gasteiger partial charge in [0.15, 0.2) is 0 Å². The summed E-state index contributed by atoms with van der Waals surface area (Å²) in [7, 11) is 0. The molecule has 1 atom stereocenters. The zero-order valence-corrected chi connectivity index (χ0v) is 4.54. The molecule has 1 heterocycles. The van der Waals surface area contributed by atoms with Crippen LogP contribution in [0.5, 0.6) is 0 Å². The molecule has 1 rings (SSSR count). The third kappa shape index (κ3) is 0.949. The van der Waals surface area contributed by atoms with Gasteiger partial charge in [-0.2, -0.15) is 5.53 Å². The lowest BCUT2D eigenvalue weighted by molar-refractivity contribution is 0.174. The van der Waals surface area contributed by atoms with E-state index in [9.17, 15) is 0 Å². The Labute approximate surface area is 47.6 Å². The second-order valence-corrected chi connectivity index (χ2v) is 1.96. The highest BCUT2D eigenvalue weighted by molar-refractivity contribution is 4.69. The Morgan fingerprint density at radius 1 is 1.75 bits per heavy atom. The van der Waals surface area contributed by atoms with Gasteiger partial charge in [-0.1, -0.05) is 5.22 Å². The van der Waals surface area contributed by atoms with Gasteiger partial charge in [0, 0.05) is 6.54 Å². The molecule has 8 heavy (non-hydrogen) atoms. The minimum absolute atomic E-state index is 0.260. The Morgan fingerprint density at radius 3 is 2.75 bits per heavy atom. The third-order valence-corrected chi connectivity index (χ3v) is 1.28. The van der Waals surface area contributed by atoms with Crippen molar-refractivity contribution in [2.45, 2.75) is 12.5 Å². The molecule has 1 fully saturated rings. The van der Waals surface area contributed by atoms with Gasteiger partial charge in [-0.3, -0.25) is 5.01 Å². The number of nitrogens with zero attached hydrogens (tertiary/aromatic N) is 2. The van der Waals surface area contributed by atoms with Crippen LogP contribution in [0, 0.1) is 5.53 Å². The maximum absolute atomic E-state index is 8.85. The van der Waals surface area contributed by atoms with Crippen molar-refractivity contribution in [1.82, 2.24) is 5.01 Å². The van der Waals surface area contributed by atoms with E-state index in [1.807, 2.05) is 0 Å². The molecule has 4 heteroatoms. The van der Waals surface area contributed by atoms with Crippen LogP contribution in [-0.4, -0.2) is 29.3 Å². The largest absolute Gasteiger partial charge is 0.391 e. The van der Waals surface area contributed by atoms with Crippen LogP contribution < -0.4 is 0 Å². The first kappa shape index (κ1) is 5.50. The molecule has 46 valence electrons. The molecule has 0 aliphatic carbocycles. The molecule has 4 nitrogen and oxygen atoms in total. The fourth-order valence-corrected chi connectivity index (χ4v) is 0.815. The first-order valence-corrected chi connectivity index (χ1v) is 2.63. The van der Waals surface area contributed by atoms with E-state index in [-0.39, 0.29) is 6.10 Å². The van der Waals surface area contributed by atoms with E-state index < -0.39 is 0 Å². The summed E-state index contributed by atoms with van der Waals surface area (Å²) >= 11 is 0. The number of rotatable bonds is 1. The van der Waals surface area contributed by atoms with Crippen molar-refractivity contribution in [2.24, 2.45) is 5.22 Å². The average molecular weight is 115 g/mol. The first-order chi connectivity index (χ1) is 3.83. The summed E-state index contributed by atoms with van der Waals surface area (Å²) in [5.74, 6) is 0. The molecular formula is C4H9N3O. The standard InChI is InChI=1S/C4H9N3O/c5-6-7-2-1-4(8)3-7/h4-5,8H,1-3H2. The number of aliphatic hydroxyl groups excluding tert-OH is 1. The van der Waals surface area contributed by atoms with E-state index in [2.05, 4.69) is 5.22 Å². The Hall–Kier alpha value is -0.640. The lowest BCUT2D eigenvalue weighted by atomic mass is 10.3. The smallest absolute Gasteiger partial charge is 0.0750 e. The van der Waals surface area contributed by atoms with E-state index in [0.717, 1.165) is 13.0 Å². The quantitative estimate of drug-likeness (QED) is 0.472. The normalized spacial score (nSPS) is 28.6. The molecule has 0 amide bonds. The molecule has 0 radical (unpaired) electrons. The molecular weight excluding hydrogens is 106 g/mol. The summed E-state index contributed by atoms with van der Waals surface area (Å²) in [6, 6.07) is 0. The topological polar surface area (TPSA) is 59.7 Å². The average Bonchev–Trinajstić information content (AvgIpc) is 2.14. The van der Waals surface area contributed by atoms with Crippen molar-refractivity contribution in [3.8, 4) is 0 Å². The van der Waals surface area contributed by atoms with Gasteiger partial charge >= 0.3 is 0 Å². The van der Waals surface area contributed by atoms with Crippen molar-refractivity contribution in [1.29, 1.82) is 5.53 Å². The highest BCUT2D eigenvalue weighted by Gasteiger charge is 2.17. The molecule has 0 bridgehead atoms.